The monoisotopic (exact) mass is 254 g/mol. The summed E-state index contributed by atoms with van der Waals surface area (Å²) in [4.78, 5) is 2.57. The molecule has 0 bridgehead atoms. The van der Waals surface area contributed by atoms with Gasteiger partial charge in [0.1, 0.15) is 0 Å². The molecule has 108 valence electrons. The van der Waals surface area contributed by atoms with Crippen molar-refractivity contribution in [3.8, 4) is 0 Å². The minimum atomic E-state index is 0.370. The third-order valence-electron chi connectivity index (χ3n) is 4.97. The van der Waals surface area contributed by atoms with Gasteiger partial charge in [0.2, 0.25) is 0 Å². The predicted octanol–water partition coefficient (Wildman–Crippen LogP) is 3.52. The van der Waals surface area contributed by atoms with Crippen molar-refractivity contribution in [1.29, 1.82) is 0 Å². The van der Waals surface area contributed by atoms with Crippen LogP contribution < -0.4 is 5.32 Å². The Bertz CT molecular complexity index is 232. The van der Waals surface area contributed by atoms with Gasteiger partial charge in [0.25, 0.3) is 0 Å². The van der Waals surface area contributed by atoms with Crippen LogP contribution in [-0.4, -0.2) is 37.6 Å². The van der Waals surface area contributed by atoms with E-state index in [1.807, 2.05) is 0 Å². The summed E-state index contributed by atoms with van der Waals surface area (Å²) in [5, 5.41) is 3.55. The largest absolute Gasteiger partial charge is 0.317 e. The van der Waals surface area contributed by atoms with Gasteiger partial charge in [-0.2, -0.15) is 0 Å². The van der Waals surface area contributed by atoms with Crippen LogP contribution in [-0.2, 0) is 0 Å². The molecule has 0 aromatic rings. The molecule has 0 saturated heterocycles. The smallest absolute Gasteiger partial charge is 0.0112 e. The molecule has 0 radical (unpaired) electrons. The molecule has 1 saturated carbocycles. The first-order valence-electron chi connectivity index (χ1n) is 7.73. The zero-order valence-corrected chi connectivity index (χ0v) is 13.4. The molecule has 1 aliphatic rings. The molecule has 3 unspecified atom stereocenters. The van der Waals surface area contributed by atoms with E-state index in [0.717, 1.165) is 12.0 Å². The highest BCUT2D eigenvalue weighted by atomic mass is 15.1. The van der Waals surface area contributed by atoms with E-state index in [1.54, 1.807) is 0 Å². The summed E-state index contributed by atoms with van der Waals surface area (Å²) in [6.45, 7) is 10.6. The number of rotatable bonds is 4. The summed E-state index contributed by atoms with van der Waals surface area (Å²) in [5.74, 6) is 0.826. The molecular weight excluding hydrogens is 220 g/mol. The lowest BCUT2D eigenvalue weighted by atomic mass is 9.86. The Morgan fingerprint density at radius 2 is 1.78 bits per heavy atom. The van der Waals surface area contributed by atoms with Gasteiger partial charge in [-0.05, 0) is 45.2 Å². The van der Waals surface area contributed by atoms with E-state index in [2.05, 4.69) is 52.0 Å². The lowest BCUT2D eigenvalue weighted by Crippen LogP contribution is -2.45. The Morgan fingerprint density at radius 3 is 2.33 bits per heavy atom. The van der Waals surface area contributed by atoms with E-state index in [-0.39, 0.29) is 0 Å². The van der Waals surface area contributed by atoms with E-state index >= 15 is 0 Å². The van der Waals surface area contributed by atoms with Crippen molar-refractivity contribution in [2.45, 2.75) is 71.9 Å². The number of nitrogens with zero attached hydrogens (tertiary/aromatic N) is 1. The Balaban J connectivity index is 2.57. The highest BCUT2D eigenvalue weighted by Gasteiger charge is 2.28. The van der Waals surface area contributed by atoms with Crippen LogP contribution in [0.15, 0.2) is 0 Å². The normalized spacial score (nSPS) is 28.2. The second kappa shape index (κ2) is 6.91. The van der Waals surface area contributed by atoms with Crippen LogP contribution in [0.25, 0.3) is 0 Å². The quantitative estimate of drug-likeness (QED) is 0.772. The molecular formula is C16H34N2. The zero-order valence-electron chi connectivity index (χ0n) is 13.4. The van der Waals surface area contributed by atoms with Gasteiger partial charge in [-0.3, -0.25) is 0 Å². The van der Waals surface area contributed by atoms with Gasteiger partial charge in [-0.15, -0.1) is 0 Å². The van der Waals surface area contributed by atoms with Crippen LogP contribution in [0, 0.1) is 11.3 Å². The Morgan fingerprint density at radius 1 is 1.17 bits per heavy atom. The van der Waals surface area contributed by atoms with Crippen molar-refractivity contribution < 1.29 is 0 Å². The molecule has 0 spiro atoms. The fourth-order valence-electron chi connectivity index (χ4n) is 3.17. The second-order valence-corrected chi connectivity index (χ2v) is 7.27. The molecule has 2 nitrogen and oxygen atoms in total. The van der Waals surface area contributed by atoms with Crippen molar-refractivity contribution in [1.82, 2.24) is 10.2 Å². The van der Waals surface area contributed by atoms with Crippen LogP contribution in [0.1, 0.15) is 59.8 Å². The first-order chi connectivity index (χ1) is 8.36. The molecule has 0 amide bonds. The van der Waals surface area contributed by atoms with Crippen molar-refractivity contribution in [3.05, 3.63) is 0 Å². The summed E-state index contributed by atoms with van der Waals surface area (Å²) < 4.78 is 0. The first kappa shape index (κ1) is 16.0. The van der Waals surface area contributed by atoms with E-state index in [1.165, 1.54) is 38.6 Å². The summed E-state index contributed by atoms with van der Waals surface area (Å²) in [6.07, 6.45) is 7.00. The van der Waals surface area contributed by atoms with E-state index < -0.39 is 0 Å². The van der Waals surface area contributed by atoms with Crippen molar-refractivity contribution in [2.24, 2.45) is 11.3 Å². The predicted molar refractivity (Wildman–Crippen MR) is 81.0 cm³/mol. The summed E-state index contributed by atoms with van der Waals surface area (Å²) in [6, 6.07) is 1.36. The molecule has 0 aromatic carbocycles. The molecule has 1 fully saturated rings. The number of nitrogens with one attached hydrogen (secondary N) is 1. The minimum Gasteiger partial charge on any atom is -0.317 e. The van der Waals surface area contributed by atoms with E-state index in [9.17, 15) is 0 Å². The summed E-state index contributed by atoms with van der Waals surface area (Å²) >= 11 is 0. The lowest BCUT2D eigenvalue weighted by molar-refractivity contribution is 0.111. The van der Waals surface area contributed by atoms with Gasteiger partial charge in [0.05, 0.1) is 0 Å². The van der Waals surface area contributed by atoms with Gasteiger partial charge < -0.3 is 10.2 Å². The molecule has 0 heterocycles. The van der Waals surface area contributed by atoms with Crippen molar-refractivity contribution in [3.63, 3.8) is 0 Å². The molecule has 0 aromatic heterocycles. The summed E-state index contributed by atoms with van der Waals surface area (Å²) in [7, 11) is 4.43. The Kier molecular flexibility index (Phi) is 6.13. The molecule has 18 heavy (non-hydrogen) atoms. The number of hydrogen-bond acceptors (Lipinski definition) is 2. The molecule has 1 rings (SSSR count). The molecule has 1 aliphatic carbocycles. The highest BCUT2D eigenvalue weighted by molar-refractivity contribution is 4.84. The maximum absolute atomic E-state index is 3.55. The van der Waals surface area contributed by atoms with Crippen LogP contribution >= 0.6 is 0 Å². The van der Waals surface area contributed by atoms with Gasteiger partial charge in [0.15, 0.2) is 0 Å². The lowest BCUT2D eigenvalue weighted by Gasteiger charge is -2.38. The molecule has 0 aliphatic heterocycles. The van der Waals surface area contributed by atoms with E-state index in [4.69, 9.17) is 0 Å². The maximum Gasteiger partial charge on any atom is 0.0112 e. The number of hydrogen-bond donors (Lipinski definition) is 1. The van der Waals surface area contributed by atoms with Crippen molar-refractivity contribution in [2.75, 3.05) is 20.6 Å². The fraction of sp³-hybridized carbons (Fsp3) is 1.00. The van der Waals surface area contributed by atoms with Crippen molar-refractivity contribution >= 4 is 0 Å². The first-order valence-corrected chi connectivity index (χ1v) is 7.73. The van der Waals surface area contributed by atoms with Crippen LogP contribution in [0.4, 0.5) is 0 Å². The minimum absolute atomic E-state index is 0.370. The SMILES string of the molecule is CNC1CCCCCC1CN(C)C(C)C(C)(C)C. The standard InChI is InChI=1S/C16H34N2/c1-13(16(2,3)4)18(6)12-14-10-8-7-9-11-15(14)17-5/h13-15,17H,7-12H2,1-6H3. The average molecular weight is 254 g/mol. The van der Waals surface area contributed by atoms with Gasteiger partial charge in [-0.1, -0.05) is 40.0 Å². The average Bonchev–Trinajstić information content (AvgIpc) is 2.51. The topological polar surface area (TPSA) is 15.3 Å². The van der Waals surface area contributed by atoms with Crippen LogP contribution in [0.2, 0.25) is 0 Å². The van der Waals surface area contributed by atoms with Crippen LogP contribution in [0.5, 0.6) is 0 Å². The van der Waals surface area contributed by atoms with E-state index in [0.29, 0.717) is 11.5 Å². The van der Waals surface area contributed by atoms with Crippen LogP contribution in [0.3, 0.4) is 0 Å². The molecule has 2 heteroatoms. The Labute approximate surface area is 115 Å². The van der Waals surface area contributed by atoms with Gasteiger partial charge >= 0.3 is 0 Å². The third-order valence-corrected chi connectivity index (χ3v) is 4.97. The maximum atomic E-state index is 3.55. The van der Waals surface area contributed by atoms with Gasteiger partial charge in [-0.25, -0.2) is 0 Å². The zero-order chi connectivity index (χ0) is 13.8. The second-order valence-electron chi connectivity index (χ2n) is 7.27. The highest BCUT2D eigenvalue weighted by Crippen LogP contribution is 2.28. The molecule has 1 N–H and O–H groups in total. The fourth-order valence-corrected chi connectivity index (χ4v) is 3.17. The van der Waals surface area contributed by atoms with Gasteiger partial charge in [0, 0.05) is 18.6 Å². The summed E-state index contributed by atoms with van der Waals surface area (Å²) in [5.41, 5.74) is 0.370. The Hall–Kier alpha value is -0.0800. The third kappa shape index (κ3) is 4.55. The molecule has 3 atom stereocenters.